The summed E-state index contributed by atoms with van der Waals surface area (Å²) < 4.78 is 0. The van der Waals surface area contributed by atoms with Crippen molar-refractivity contribution in [3.63, 3.8) is 0 Å². The van der Waals surface area contributed by atoms with Crippen molar-refractivity contribution in [1.29, 1.82) is 0 Å². The molecule has 3 heteroatoms. The monoisotopic (exact) mass is 309 g/mol. The molecule has 0 spiro atoms. The first-order chi connectivity index (χ1) is 9.82. The summed E-state index contributed by atoms with van der Waals surface area (Å²) in [6, 6.07) is 10.5. The van der Waals surface area contributed by atoms with Gasteiger partial charge in [-0.05, 0) is 56.2 Å². The van der Waals surface area contributed by atoms with E-state index in [4.69, 9.17) is 0 Å². The lowest BCUT2D eigenvalue weighted by molar-refractivity contribution is -0.0969. The average molecular weight is 310 g/mol. The predicted molar refractivity (Wildman–Crippen MR) is 89.8 cm³/mol. The quantitative estimate of drug-likeness (QED) is 0.888. The first kappa shape index (κ1) is 16.8. The van der Waals surface area contributed by atoms with Gasteiger partial charge in [-0.3, -0.25) is 0 Å². The molecule has 1 saturated heterocycles. The fraction of sp³-hybridized carbons (Fsp3) is 0.667. The van der Waals surface area contributed by atoms with Crippen molar-refractivity contribution in [2.24, 2.45) is 11.8 Å². The first-order valence-corrected chi connectivity index (χ1v) is 8.30. The zero-order chi connectivity index (χ0) is 13.8. The van der Waals surface area contributed by atoms with Crippen LogP contribution in [0.1, 0.15) is 50.5 Å². The fourth-order valence-electron chi connectivity index (χ4n) is 4.31. The summed E-state index contributed by atoms with van der Waals surface area (Å²) >= 11 is 0. The van der Waals surface area contributed by atoms with Crippen LogP contribution >= 0.6 is 12.4 Å². The summed E-state index contributed by atoms with van der Waals surface area (Å²) in [5, 5.41) is 15.1. The highest BCUT2D eigenvalue weighted by molar-refractivity contribution is 5.85. The summed E-state index contributed by atoms with van der Waals surface area (Å²) in [6.45, 7) is 2.10. The summed E-state index contributed by atoms with van der Waals surface area (Å²) in [6.07, 6.45) is 8.48. The molecule has 0 aromatic heterocycles. The Bertz CT molecular complexity index is 392. The van der Waals surface area contributed by atoms with Crippen molar-refractivity contribution in [3.05, 3.63) is 35.9 Å². The molecular formula is C18H28ClNO. The summed E-state index contributed by atoms with van der Waals surface area (Å²) in [5.41, 5.74) is 0.544. The Kier molecular flexibility index (Phi) is 6.09. The topological polar surface area (TPSA) is 32.3 Å². The number of hydrogen-bond acceptors (Lipinski definition) is 2. The van der Waals surface area contributed by atoms with Crippen molar-refractivity contribution in [2.75, 3.05) is 13.1 Å². The van der Waals surface area contributed by atoms with E-state index in [1.165, 1.54) is 32.1 Å². The molecule has 1 aromatic rings. The molecule has 1 aliphatic carbocycles. The SMILES string of the molecule is Cl.OC(c1ccccc1)(C1CCCCC1)C1CCNCC1. The normalized spacial score (nSPS) is 24.0. The van der Waals surface area contributed by atoms with Gasteiger partial charge in [0.1, 0.15) is 0 Å². The Morgan fingerprint density at radius 2 is 1.43 bits per heavy atom. The van der Waals surface area contributed by atoms with E-state index in [-0.39, 0.29) is 12.4 Å². The Labute approximate surface area is 134 Å². The van der Waals surface area contributed by atoms with Gasteiger partial charge in [-0.1, -0.05) is 49.6 Å². The Balaban J connectivity index is 0.00000161. The van der Waals surface area contributed by atoms with Crippen molar-refractivity contribution in [2.45, 2.75) is 50.5 Å². The van der Waals surface area contributed by atoms with Crippen molar-refractivity contribution in [1.82, 2.24) is 5.32 Å². The van der Waals surface area contributed by atoms with E-state index >= 15 is 0 Å². The van der Waals surface area contributed by atoms with Crippen LogP contribution in [0.25, 0.3) is 0 Å². The minimum absolute atomic E-state index is 0. The standard InChI is InChI=1S/C18H27NO.ClH/c20-18(15-7-3-1-4-8-15,16-9-5-2-6-10-16)17-11-13-19-14-12-17;/h1,3-4,7-8,16-17,19-20H,2,5-6,9-14H2;1H. The average Bonchev–Trinajstić information content (AvgIpc) is 2.56. The molecule has 1 atom stereocenters. The van der Waals surface area contributed by atoms with Gasteiger partial charge in [0.2, 0.25) is 0 Å². The maximum atomic E-state index is 11.7. The third-order valence-electron chi connectivity index (χ3n) is 5.43. The van der Waals surface area contributed by atoms with Crippen molar-refractivity contribution < 1.29 is 5.11 Å². The second-order valence-electron chi connectivity index (χ2n) is 6.55. The molecule has 1 aromatic carbocycles. The molecule has 2 fully saturated rings. The molecule has 2 aliphatic rings. The maximum absolute atomic E-state index is 11.7. The van der Waals surface area contributed by atoms with Crippen LogP contribution in [-0.2, 0) is 5.60 Å². The van der Waals surface area contributed by atoms with E-state index in [1.807, 2.05) is 6.07 Å². The van der Waals surface area contributed by atoms with Gasteiger partial charge in [-0.2, -0.15) is 0 Å². The Hall–Kier alpha value is -0.570. The van der Waals surface area contributed by atoms with Gasteiger partial charge in [0.05, 0.1) is 5.60 Å². The molecule has 3 rings (SSSR count). The molecule has 2 N–H and O–H groups in total. The number of halogens is 1. The molecule has 0 amide bonds. The minimum atomic E-state index is -0.607. The van der Waals surface area contributed by atoms with E-state index in [2.05, 4.69) is 29.6 Å². The largest absolute Gasteiger partial charge is 0.385 e. The number of hydrogen-bond donors (Lipinski definition) is 2. The van der Waals surface area contributed by atoms with Gasteiger partial charge in [-0.15, -0.1) is 12.4 Å². The Morgan fingerprint density at radius 1 is 0.857 bits per heavy atom. The van der Waals surface area contributed by atoms with Gasteiger partial charge in [0.25, 0.3) is 0 Å². The molecule has 2 nitrogen and oxygen atoms in total. The van der Waals surface area contributed by atoms with E-state index < -0.39 is 5.60 Å². The molecule has 1 saturated carbocycles. The summed E-state index contributed by atoms with van der Waals surface area (Å²) in [4.78, 5) is 0. The molecule has 0 bridgehead atoms. The smallest absolute Gasteiger partial charge is 0.0953 e. The second-order valence-corrected chi connectivity index (χ2v) is 6.55. The van der Waals surface area contributed by atoms with Crippen LogP contribution in [0.2, 0.25) is 0 Å². The third kappa shape index (κ3) is 3.44. The van der Waals surface area contributed by atoms with Crippen LogP contribution < -0.4 is 5.32 Å². The molecule has 21 heavy (non-hydrogen) atoms. The van der Waals surface area contributed by atoms with Crippen LogP contribution in [0.4, 0.5) is 0 Å². The zero-order valence-corrected chi connectivity index (χ0v) is 13.6. The van der Waals surface area contributed by atoms with Crippen LogP contribution in [-0.4, -0.2) is 18.2 Å². The minimum Gasteiger partial charge on any atom is -0.385 e. The van der Waals surface area contributed by atoms with Crippen LogP contribution in [0.3, 0.4) is 0 Å². The van der Waals surface area contributed by atoms with Crippen LogP contribution in [0.15, 0.2) is 30.3 Å². The lowest BCUT2D eigenvalue weighted by Gasteiger charge is -2.46. The van der Waals surface area contributed by atoms with Gasteiger partial charge in [0.15, 0.2) is 0 Å². The number of nitrogens with one attached hydrogen (secondary N) is 1. The number of piperidine rings is 1. The number of benzene rings is 1. The van der Waals surface area contributed by atoms with E-state index in [1.54, 1.807) is 0 Å². The molecule has 118 valence electrons. The number of aliphatic hydroxyl groups is 1. The lowest BCUT2D eigenvalue weighted by atomic mass is 9.65. The summed E-state index contributed by atoms with van der Waals surface area (Å²) in [7, 11) is 0. The Morgan fingerprint density at radius 3 is 2.05 bits per heavy atom. The first-order valence-electron chi connectivity index (χ1n) is 8.30. The van der Waals surface area contributed by atoms with Gasteiger partial charge in [0, 0.05) is 0 Å². The highest BCUT2D eigenvalue weighted by Crippen LogP contribution is 2.46. The van der Waals surface area contributed by atoms with Crippen LogP contribution in [0.5, 0.6) is 0 Å². The summed E-state index contributed by atoms with van der Waals surface area (Å²) in [5.74, 6) is 0.857. The highest BCUT2D eigenvalue weighted by Gasteiger charge is 2.45. The molecule has 1 aliphatic heterocycles. The molecule has 1 unspecified atom stereocenters. The van der Waals surface area contributed by atoms with Gasteiger partial charge < -0.3 is 10.4 Å². The fourth-order valence-corrected chi connectivity index (χ4v) is 4.31. The molecular weight excluding hydrogens is 282 g/mol. The number of rotatable bonds is 3. The van der Waals surface area contributed by atoms with Crippen molar-refractivity contribution in [3.8, 4) is 0 Å². The van der Waals surface area contributed by atoms with Crippen LogP contribution in [0, 0.1) is 11.8 Å². The van der Waals surface area contributed by atoms with E-state index in [0.29, 0.717) is 11.8 Å². The van der Waals surface area contributed by atoms with Crippen molar-refractivity contribution >= 4 is 12.4 Å². The second kappa shape index (κ2) is 7.62. The lowest BCUT2D eigenvalue weighted by Crippen LogP contribution is -2.47. The van der Waals surface area contributed by atoms with E-state index in [0.717, 1.165) is 31.5 Å². The van der Waals surface area contributed by atoms with E-state index in [9.17, 15) is 5.11 Å². The molecule has 1 heterocycles. The third-order valence-corrected chi connectivity index (χ3v) is 5.43. The predicted octanol–water partition coefficient (Wildman–Crippen LogP) is 3.88. The molecule has 0 radical (unpaired) electrons. The highest BCUT2D eigenvalue weighted by atomic mass is 35.5. The maximum Gasteiger partial charge on any atom is 0.0953 e. The zero-order valence-electron chi connectivity index (χ0n) is 12.8. The van der Waals surface area contributed by atoms with Gasteiger partial charge >= 0.3 is 0 Å². The van der Waals surface area contributed by atoms with Gasteiger partial charge in [-0.25, -0.2) is 0 Å².